The number of phenols is 1. The summed E-state index contributed by atoms with van der Waals surface area (Å²) >= 11 is 0. The number of halogens is 1. The van der Waals surface area contributed by atoms with Crippen molar-refractivity contribution in [2.75, 3.05) is 5.32 Å². The van der Waals surface area contributed by atoms with Gasteiger partial charge in [-0.2, -0.15) is 0 Å². The molecule has 0 aromatic heterocycles. The number of aromatic carboxylic acids is 1. The molecule has 4 nitrogen and oxygen atoms in total. The second kappa shape index (κ2) is 5.61. The second-order valence-electron chi connectivity index (χ2n) is 4.46. The second-order valence-corrected chi connectivity index (χ2v) is 4.46. The van der Waals surface area contributed by atoms with Crippen molar-refractivity contribution in [2.24, 2.45) is 0 Å². The average molecular weight is 275 g/mol. The minimum absolute atomic E-state index is 0.133. The largest absolute Gasteiger partial charge is 0.508 e. The van der Waals surface area contributed by atoms with Crippen LogP contribution in [-0.4, -0.2) is 16.2 Å². The number of anilines is 1. The van der Waals surface area contributed by atoms with Crippen LogP contribution in [0.15, 0.2) is 42.5 Å². The molecule has 2 aromatic rings. The van der Waals surface area contributed by atoms with E-state index in [1.807, 2.05) is 0 Å². The molecule has 0 spiro atoms. The highest BCUT2D eigenvalue weighted by Crippen LogP contribution is 2.24. The first kappa shape index (κ1) is 13.9. The molecule has 1 atom stereocenters. The van der Waals surface area contributed by atoms with E-state index in [2.05, 4.69) is 5.32 Å². The van der Waals surface area contributed by atoms with E-state index in [4.69, 9.17) is 5.11 Å². The van der Waals surface area contributed by atoms with Gasteiger partial charge in [-0.3, -0.25) is 0 Å². The molecule has 0 saturated carbocycles. The Bertz CT molecular complexity index is 643. The summed E-state index contributed by atoms with van der Waals surface area (Å²) in [4.78, 5) is 10.9. The van der Waals surface area contributed by atoms with Crippen LogP contribution in [0.1, 0.15) is 28.9 Å². The zero-order valence-electron chi connectivity index (χ0n) is 10.8. The van der Waals surface area contributed by atoms with Crippen LogP contribution < -0.4 is 5.32 Å². The van der Waals surface area contributed by atoms with Crippen LogP contribution in [0.5, 0.6) is 5.75 Å². The summed E-state index contributed by atoms with van der Waals surface area (Å²) in [7, 11) is 0. The van der Waals surface area contributed by atoms with E-state index < -0.39 is 11.8 Å². The predicted octanol–water partition coefficient (Wildman–Crippen LogP) is 3.40. The maximum Gasteiger partial charge on any atom is 0.335 e. The number of phenolic OH excluding ortho intramolecular Hbond substituents is 1. The van der Waals surface area contributed by atoms with Gasteiger partial charge in [0.25, 0.3) is 0 Å². The van der Waals surface area contributed by atoms with Gasteiger partial charge in [0.2, 0.25) is 0 Å². The molecule has 0 radical (unpaired) electrons. The van der Waals surface area contributed by atoms with E-state index in [-0.39, 0.29) is 17.4 Å². The number of benzene rings is 2. The first-order valence-corrected chi connectivity index (χ1v) is 6.05. The Morgan fingerprint density at radius 1 is 1.25 bits per heavy atom. The standard InChI is InChI=1S/C15H14FNO3/c1-9(13-6-5-12(18)8-14(13)16)17-11-4-2-3-10(7-11)15(19)20/h2-9,17-18H,1H3,(H,19,20). The maximum absolute atomic E-state index is 13.7. The number of hydrogen-bond acceptors (Lipinski definition) is 3. The van der Waals surface area contributed by atoms with Crippen LogP contribution in [0.4, 0.5) is 10.1 Å². The van der Waals surface area contributed by atoms with Crippen molar-refractivity contribution in [3.63, 3.8) is 0 Å². The fourth-order valence-electron chi connectivity index (χ4n) is 1.94. The van der Waals surface area contributed by atoms with Crippen molar-refractivity contribution >= 4 is 11.7 Å². The van der Waals surface area contributed by atoms with E-state index in [1.165, 1.54) is 24.3 Å². The van der Waals surface area contributed by atoms with Gasteiger partial charge in [0.05, 0.1) is 11.6 Å². The van der Waals surface area contributed by atoms with E-state index >= 15 is 0 Å². The number of hydrogen-bond donors (Lipinski definition) is 3. The molecular weight excluding hydrogens is 261 g/mol. The third-order valence-corrected chi connectivity index (χ3v) is 2.94. The van der Waals surface area contributed by atoms with Gasteiger partial charge in [-0.05, 0) is 31.2 Å². The third-order valence-electron chi connectivity index (χ3n) is 2.94. The fourth-order valence-corrected chi connectivity index (χ4v) is 1.94. The fraction of sp³-hybridized carbons (Fsp3) is 0.133. The molecule has 3 N–H and O–H groups in total. The smallest absolute Gasteiger partial charge is 0.335 e. The number of carboxylic acids is 1. The van der Waals surface area contributed by atoms with Gasteiger partial charge in [-0.1, -0.05) is 12.1 Å². The van der Waals surface area contributed by atoms with Crippen LogP contribution in [0.2, 0.25) is 0 Å². The Kier molecular flexibility index (Phi) is 3.89. The molecule has 2 aromatic carbocycles. The molecule has 0 fully saturated rings. The molecule has 5 heteroatoms. The molecule has 2 rings (SSSR count). The Balaban J connectivity index is 2.21. The molecule has 0 aliphatic heterocycles. The monoisotopic (exact) mass is 275 g/mol. The molecule has 0 amide bonds. The molecule has 1 unspecified atom stereocenters. The zero-order chi connectivity index (χ0) is 14.7. The Morgan fingerprint density at radius 3 is 2.65 bits per heavy atom. The van der Waals surface area contributed by atoms with E-state index in [0.717, 1.165) is 6.07 Å². The van der Waals surface area contributed by atoms with Crippen molar-refractivity contribution in [2.45, 2.75) is 13.0 Å². The molecule has 0 aliphatic carbocycles. The Morgan fingerprint density at radius 2 is 2.00 bits per heavy atom. The maximum atomic E-state index is 13.7. The van der Waals surface area contributed by atoms with Gasteiger partial charge in [-0.15, -0.1) is 0 Å². The van der Waals surface area contributed by atoms with E-state index in [9.17, 15) is 14.3 Å². The first-order valence-electron chi connectivity index (χ1n) is 6.05. The van der Waals surface area contributed by atoms with Gasteiger partial charge in [0, 0.05) is 17.3 Å². The summed E-state index contributed by atoms with van der Waals surface area (Å²) in [5.74, 6) is -1.66. The number of nitrogens with one attached hydrogen (secondary N) is 1. The van der Waals surface area contributed by atoms with Crippen LogP contribution in [0.25, 0.3) is 0 Å². The molecule has 0 saturated heterocycles. The van der Waals surface area contributed by atoms with Gasteiger partial charge in [0.1, 0.15) is 11.6 Å². The molecule has 20 heavy (non-hydrogen) atoms. The average Bonchev–Trinajstić information content (AvgIpc) is 2.38. The van der Waals surface area contributed by atoms with Crippen LogP contribution in [-0.2, 0) is 0 Å². The lowest BCUT2D eigenvalue weighted by molar-refractivity contribution is 0.0697. The predicted molar refractivity (Wildman–Crippen MR) is 73.5 cm³/mol. The topological polar surface area (TPSA) is 69.6 Å². The molecule has 0 heterocycles. The number of rotatable bonds is 4. The Hall–Kier alpha value is -2.56. The lowest BCUT2D eigenvalue weighted by Gasteiger charge is -2.16. The summed E-state index contributed by atoms with van der Waals surface area (Å²) in [6.07, 6.45) is 0. The van der Waals surface area contributed by atoms with E-state index in [1.54, 1.807) is 19.1 Å². The minimum atomic E-state index is -1.02. The number of aromatic hydroxyl groups is 1. The summed E-state index contributed by atoms with van der Waals surface area (Å²) in [5.41, 5.74) is 1.14. The minimum Gasteiger partial charge on any atom is -0.508 e. The summed E-state index contributed by atoms with van der Waals surface area (Å²) in [5, 5.41) is 21.1. The SMILES string of the molecule is CC(Nc1cccc(C(=O)O)c1)c1ccc(O)cc1F. The highest BCUT2D eigenvalue weighted by molar-refractivity contribution is 5.88. The number of carboxylic acid groups (broad SMARTS) is 1. The normalized spacial score (nSPS) is 11.9. The summed E-state index contributed by atoms with van der Waals surface area (Å²) < 4.78 is 13.7. The van der Waals surface area contributed by atoms with Crippen LogP contribution in [0.3, 0.4) is 0 Å². The van der Waals surface area contributed by atoms with Crippen LogP contribution in [0, 0.1) is 5.82 Å². The van der Waals surface area contributed by atoms with Crippen molar-refractivity contribution in [3.8, 4) is 5.75 Å². The van der Waals surface area contributed by atoms with E-state index in [0.29, 0.717) is 11.3 Å². The van der Waals surface area contributed by atoms with Crippen molar-refractivity contribution < 1.29 is 19.4 Å². The van der Waals surface area contributed by atoms with Crippen LogP contribution >= 0.6 is 0 Å². The van der Waals surface area contributed by atoms with Gasteiger partial charge in [0.15, 0.2) is 0 Å². The molecule has 104 valence electrons. The quantitative estimate of drug-likeness (QED) is 0.799. The molecular formula is C15H14FNO3. The van der Waals surface area contributed by atoms with Crippen molar-refractivity contribution in [1.82, 2.24) is 0 Å². The molecule has 0 aliphatic rings. The summed E-state index contributed by atoms with van der Waals surface area (Å²) in [6.45, 7) is 1.75. The zero-order valence-corrected chi connectivity index (χ0v) is 10.8. The summed E-state index contributed by atoms with van der Waals surface area (Å²) in [6, 6.07) is 9.87. The van der Waals surface area contributed by atoms with Gasteiger partial charge >= 0.3 is 5.97 Å². The lowest BCUT2D eigenvalue weighted by Crippen LogP contribution is -2.09. The highest BCUT2D eigenvalue weighted by atomic mass is 19.1. The van der Waals surface area contributed by atoms with Gasteiger partial charge < -0.3 is 15.5 Å². The first-order chi connectivity index (χ1) is 9.47. The van der Waals surface area contributed by atoms with Gasteiger partial charge in [-0.25, -0.2) is 9.18 Å². The molecule has 0 bridgehead atoms. The third kappa shape index (κ3) is 3.06. The number of carbonyl (C=O) groups is 1. The lowest BCUT2D eigenvalue weighted by atomic mass is 10.1. The Labute approximate surface area is 115 Å². The van der Waals surface area contributed by atoms with Crippen molar-refractivity contribution in [3.05, 3.63) is 59.4 Å². The highest BCUT2D eigenvalue weighted by Gasteiger charge is 2.12. The van der Waals surface area contributed by atoms with Crippen molar-refractivity contribution in [1.29, 1.82) is 0 Å².